The van der Waals surface area contributed by atoms with Crippen LogP contribution in [0.2, 0.25) is 0 Å². The lowest BCUT2D eigenvalue weighted by atomic mass is 10.0. The van der Waals surface area contributed by atoms with Gasteiger partial charge in [0.1, 0.15) is 0 Å². The van der Waals surface area contributed by atoms with Crippen molar-refractivity contribution in [1.29, 1.82) is 0 Å². The Labute approximate surface area is 106 Å². The normalized spacial score (nSPS) is 15.6. The van der Waals surface area contributed by atoms with Crippen LogP contribution in [0.1, 0.15) is 41.0 Å². The molecule has 0 aliphatic rings. The maximum Gasteiger partial charge on any atom is 0.279 e. The average molecular weight is 265 g/mol. The highest BCUT2D eigenvalue weighted by molar-refractivity contribution is 7.87. The van der Waals surface area contributed by atoms with Gasteiger partial charge >= 0.3 is 0 Å². The van der Waals surface area contributed by atoms with Crippen LogP contribution in [0.25, 0.3) is 0 Å². The summed E-state index contributed by atoms with van der Waals surface area (Å²) in [6.07, 6.45) is 0.666. The summed E-state index contributed by atoms with van der Waals surface area (Å²) in [5.41, 5.74) is 5.43. The van der Waals surface area contributed by atoms with E-state index in [-0.39, 0.29) is 6.04 Å². The molecular formula is C11H27N3O2S. The van der Waals surface area contributed by atoms with E-state index in [9.17, 15) is 8.42 Å². The third-order valence-corrected chi connectivity index (χ3v) is 4.35. The van der Waals surface area contributed by atoms with Crippen molar-refractivity contribution in [2.75, 3.05) is 13.6 Å². The minimum atomic E-state index is -3.41. The fraction of sp³-hybridized carbons (Fsp3) is 1.00. The molecule has 0 heterocycles. The third-order valence-electron chi connectivity index (χ3n) is 2.48. The number of rotatable bonds is 6. The summed E-state index contributed by atoms with van der Waals surface area (Å²) in [6.45, 7) is 9.96. The molecule has 0 bridgehead atoms. The minimum Gasteiger partial charge on any atom is -0.327 e. The van der Waals surface area contributed by atoms with Crippen molar-refractivity contribution >= 4 is 10.2 Å². The summed E-state index contributed by atoms with van der Waals surface area (Å²) < 4.78 is 27.7. The van der Waals surface area contributed by atoms with Crippen LogP contribution >= 0.6 is 0 Å². The Morgan fingerprint density at radius 2 is 1.76 bits per heavy atom. The van der Waals surface area contributed by atoms with Crippen LogP contribution in [0.4, 0.5) is 0 Å². The Morgan fingerprint density at radius 1 is 1.29 bits per heavy atom. The van der Waals surface area contributed by atoms with Crippen molar-refractivity contribution in [2.45, 2.75) is 52.6 Å². The summed E-state index contributed by atoms with van der Waals surface area (Å²) in [6, 6.07) is 0.0299. The topological polar surface area (TPSA) is 75.4 Å². The van der Waals surface area contributed by atoms with Gasteiger partial charge in [-0.25, -0.2) is 0 Å². The summed E-state index contributed by atoms with van der Waals surface area (Å²) >= 11 is 0. The predicted molar refractivity (Wildman–Crippen MR) is 71.9 cm³/mol. The van der Waals surface area contributed by atoms with Crippen LogP contribution in [0, 0.1) is 5.92 Å². The average Bonchev–Trinajstić information content (AvgIpc) is 2.09. The van der Waals surface area contributed by atoms with Gasteiger partial charge in [-0.2, -0.15) is 17.4 Å². The monoisotopic (exact) mass is 265 g/mol. The largest absolute Gasteiger partial charge is 0.327 e. The van der Waals surface area contributed by atoms with Crippen molar-refractivity contribution in [3.05, 3.63) is 0 Å². The van der Waals surface area contributed by atoms with E-state index < -0.39 is 15.7 Å². The smallest absolute Gasteiger partial charge is 0.279 e. The molecule has 17 heavy (non-hydrogen) atoms. The second-order valence-electron chi connectivity index (χ2n) is 5.88. The molecule has 0 aromatic rings. The number of hydrogen-bond donors (Lipinski definition) is 2. The predicted octanol–water partition coefficient (Wildman–Crippen LogP) is 0.925. The number of nitrogens with one attached hydrogen (secondary N) is 1. The fourth-order valence-corrected chi connectivity index (χ4v) is 2.52. The van der Waals surface area contributed by atoms with Crippen LogP contribution in [0.3, 0.4) is 0 Å². The summed E-state index contributed by atoms with van der Waals surface area (Å²) in [5, 5.41) is 0. The van der Waals surface area contributed by atoms with Crippen molar-refractivity contribution < 1.29 is 8.42 Å². The molecule has 0 aromatic heterocycles. The van der Waals surface area contributed by atoms with Gasteiger partial charge < -0.3 is 5.73 Å². The standard InChI is InChI=1S/C11H27N3O2S/c1-9(2)10(12)7-8-14(6)17(15,16)13-11(3,4)5/h9-10,13H,7-8,12H2,1-6H3. The summed E-state index contributed by atoms with van der Waals surface area (Å²) in [7, 11) is -1.84. The van der Waals surface area contributed by atoms with Gasteiger partial charge in [-0.1, -0.05) is 13.8 Å². The minimum absolute atomic E-state index is 0.0299. The number of nitrogens with zero attached hydrogens (tertiary/aromatic N) is 1. The van der Waals surface area contributed by atoms with E-state index in [1.165, 1.54) is 4.31 Å². The van der Waals surface area contributed by atoms with E-state index >= 15 is 0 Å². The summed E-state index contributed by atoms with van der Waals surface area (Å²) in [4.78, 5) is 0. The Bertz CT molecular complexity index is 320. The SMILES string of the molecule is CC(C)C(N)CCN(C)S(=O)(=O)NC(C)(C)C. The van der Waals surface area contributed by atoms with Crippen LogP contribution in [0.15, 0.2) is 0 Å². The Morgan fingerprint density at radius 3 is 2.12 bits per heavy atom. The van der Waals surface area contributed by atoms with Gasteiger partial charge in [0.2, 0.25) is 0 Å². The zero-order chi connectivity index (χ0) is 13.9. The van der Waals surface area contributed by atoms with E-state index in [0.717, 1.165) is 0 Å². The Hall–Kier alpha value is -0.170. The Balaban J connectivity index is 4.36. The zero-order valence-electron chi connectivity index (χ0n) is 11.8. The quantitative estimate of drug-likeness (QED) is 0.750. The molecule has 0 saturated heterocycles. The van der Waals surface area contributed by atoms with Gasteiger partial charge in [-0.3, -0.25) is 0 Å². The van der Waals surface area contributed by atoms with Gasteiger partial charge in [0.25, 0.3) is 10.2 Å². The third kappa shape index (κ3) is 6.98. The van der Waals surface area contributed by atoms with Crippen molar-refractivity contribution in [1.82, 2.24) is 9.03 Å². The summed E-state index contributed by atoms with van der Waals surface area (Å²) in [5.74, 6) is 0.363. The highest BCUT2D eigenvalue weighted by atomic mass is 32.2. The maximum atomic E-state index is 11.9. The van der Waals surface area contributed by atoms with Crippen LogP contribution in [-0.4, -0.2) is 37.9 Å². The molecule has 1 unspecified atom stereocenters. The van der Waals surface area contributed by atoms with E-state index in [0.29, 0.717) is 18.9 Å². The molecule has 0 aliphatic carbocycles. The van der Waals surface area contributed by atoms with Gasteiger partial charge in [-0.05, 0) is 33.1 Å². The molecule has 0 aliphatic heterocycles. The van der Waals surface area contributed by atoms with Gasteiger partial charge in [0.15, 0.2) is 0 Å². The molecule has 0 aromatic carbocycles. The second kappa shape index (κ2) is 6.13. The van der Waals surface area contributed by atoms with Gasteiger partial charge in [0, 0.05) is 25.2 Å². The lowest BCUT2D eigenvalue weighted by Crippen LogP contribution is -2.48. The van der Waals surface area contributed by atoms with Gasteiger partial charge in [0.05, 0.1) is 0 Å². The number of nitrogens with two attached hydrogens (primary N) is 1. The Kier molecular flexibility index (Phi) is 6.07. The molecular weight excluding hydrogens is 238 g/mol. The van der Waals surface area contributed by atoms with E-state index in [4.69, 9.17) is 5.73 Å². The molecule has 5 nitrogen and oxygen atoms in total. The van der Waals surface area contributed by atoms with Crippen LogP contribution < -0.4 is 10.5 Å². The van der Waals surface area contributed by atoms with Crippen molar-refractivity contribution in [2.24, 2.45) is 11.7 Å². The molecule has 0 spiro atoms. The van der Waals surface area contributed by atoms with Crippen LogP contribution in [0.5, 0.6) is 0 Å². The molecule has 0 radical (unpaired) electrons. The first-order chi connectivity index (χ1) is 7.46. The van der Waals surface area contributed by atoms with E-state index in [2.05, 4.69) is 4.72 Å². The molecule has 1 atom stereocenters. The van der Waals surface area contributed by atoms with Crippen molar-refractivity contribution in [3.63, 3.8) is 0 Å². The first kappa shape index (κ1) is 16.8. The van der Waals surface area contributed by atoms with Gasteiger partial charge in [-0.15, -0.1) is 0 Å². The molecule has 0 rings (SSSR count). The lowest BCUT2D eigenvalue weighted by molar-refractivity contribution is 0.382. The van der Waals surface area contributed by atoms with Crippen LogP contribution in [-0.2, 0) is 10.2 Å². The molecule has 104 valence electrons. The maximum absolute atomic E-state index is 11.9. The first-order valence-corrected chi connectivity index (χ1v) is 7.40. The lowest BCUT2D eigenvalue weighted by Gasteiger charge is -2.26. The molecule has 6 heteroatoms. The molecule has 0 fully saturated rings. The first-order valence-electron chi connectivity index (χ1n) is 5.96. The van der Waals surface area contributed by atoms with E-state index in [1.54, 1.807) is 7.05 Å². The number of hydrogen-bond acceptors (Lipinski definition) is 3. The molecule has 0 amide bonds. The highest BCUT2D eigenvalue weighted by Crippen LogP contribution is 2.08. The fourth-order valence-electron chi connectivity index (χ4n) is 1.25. The van der Waals surface area contributed by atoms with Crippen molar-refractivity contribution in [3.8, 4) is 0 Å². The molecule has 0 saturated carbocycles. The highest BCUT2D eigenvalue weighted by Gasteiger charge is 2.24. The van der Waals surface area contributed by atoms with E-state index in [1.807, 2.05) is 34.6 Å². The second-order valence-corrected chi connectivity index (χ2v) is 7.65. The zero-order valence-corrected chi connectivity index (χ0v) is 12.6. The molecule has 3 N–H and O–H groups in total.